The zero-order valence-corrected chi connectivity index (χ0v) is 12.0. The molecule has 18 heavy (non-hydrogen) atoms. The van der Waals surface area contributed by atoms with Crippen molar-refractivity contribution in [2.75, 3.05) is 23.9 Å². The summed E-state index contributed by atoms with van der Waals surface area (Å²) < 4.78 is 16.4. The summed E-state index contributed by atoms with van der Waals surface area (Å²) >= 11 is 0. The number of anilines is 1. The highest BCUT2D eigenvalue weighted by Gasteiger charge is 2.06. The number of nitrogens with one attached hydrogen (secondary N) is 1. The van der Waals surface area contributed by atoms with Crippen LogP contribution in [0.25, 0.3) is 0 Å². The SMILES string of the molecule is CCCOc1ccnc(NC(C)CCS(C)=O)n1. The Hall–Kier alpha value is -1.17. The van der Waals surface area contributed by atoms with Crippen LogP contribution in [0.4, 0.5) is 5.95 Å². The van der Waals surface area contributed by atoms with Crippen molar-refractivity contribution in [2.24, 2.45) is 0 Å². The van der Waals surface area contributed by atoms with Crippen LogP contribution in [-0.4, -0.2) is 38.8 Å². The predicted molar refractivity (Wildman–Crippen MR) is 74.5 cm³/mol. The molecule has 6 heteroatoms. The standard InChI is InChI=1S/C12H21N3O2S/c1-4-8-17-11-5-7-13-12(15-11)14-10(2)6-9-18(3)16/h5,7,10H,4,6,8-9H2,1-3H3,(H,13,14,15). The highest BCUT2D eigenvalue weighted by atomic mass is 32.2. The Morgan fingerprint density at radius 1 is 1.56 bits per heavy atom. The molecule has 0 bridgehead atoms. The quantitative estimate of drug-likeness (QED) is 0.781. The summed E-state index contributed by atoms with van der Waals surface area (Å²) in [6.07, 6.45) is 5.16. The van der Waals surface area contributed by atoms with Crippen molar-refractivity contribution in [2.45, 2.75) is 32.7 Å². The molecule has 0 spiro atoms. The molecule has 0 aliphatic rings. The lowest BCUT2D eigenvalue weighted by Gasteiger charge is -2.13. The van der Waals surface area contributed by atoms with Crippen LogP contribution in [-0.2, 0) is 10.8 Å². The van der Waals surface area contributed by atoms with Gasteiger partial charge in [0.2, 0.25) is 11.8 Å². The molecule has 2 unspecified atom stereocenters. The van der Waals surface area contributed by atoms with Crippen molar-refractivity contribution >= 4 is 16.7 Å². The highest BCUT2D eigenvalue weighted by Crippen LogP contribution is 2.10. The van der Waals surface area contributed by atoms with E-state index in [9.17, 15) is 4.21 Å². The summed E-state index contributed by atoms with van der Waals surface area (Å²) in [7, 11) is -0.758. The Labute approximate surface area is 111 Å². The summed E-state index contributed by atoms with van der Waals surface area (Å²) in [6, 6.07) is 1.93. The second-order valence-electron chi connectivity index (χ2n) is 4.18. The minimum Gasteiger partial charge on any atom is -0.478 e. The van der Waals surface area contributed by atoms with Gasteiger partial charge in [-0.15, -0.1) is 0 Å². The Bertz CT molecular complexity index is 387. The molecule has 1 N–H and O–H groups in total. The summed E-state index contributed by atoms with van der Waals surface area (Å²) in [5, 5.41) is 3.18. The molecule has 1 heterocycles. The maximum absolute atomic E-state index is 11.0. The number of aromatic nitrogens is 2. The second kappa shape index (κ2) is 8.02. The van der Waals surface area contributed by atoms with E-state index in [1.54, 1.807) is 18.5 Å². The van der Waals surface area contributed by atoms with Gasteiger partial charge in [0.1, 0.15) is 0 Å². The summed E-state index contributed by atoms with van der Waals surface area (Å²) in [5.74, 6) is 1.82. The van der Waals surface area contributed by atoms with Gasteiger partial charge in [-0.25, -0.2) is 4.98 Å². The molecule has 0 radical (unpaired) electrons. The molecule has 5 nitrogen and oxygen atoms in total. The van der Waals surface area contributed by atoms with Crippen molar-refractivity contribution in [3.63, 3.8) is 0 Å². The third-order valence-electron chi connectivity index (χ3n) is 2.30. The van der Waals surface area contributed by atoms with Crippen LogP contribution in [0, 0.1) is 0 Å². The predicted octanol–water partition coefficient (Wildman–Crippen LogP) is 1.83. The third kappa shape index (κ3) is 5.95. The van der Waals surface area contributed by atoms with Gasteiger partial charge in [0.25, 0.3) is 0 Å². The van der Waals surface area contributed by atoms with E-state index in [1.807, 2.05) is 13.8 Å². The average Bonchev–Trinajstić information content (AvgIpc) is 2.34. The molecule has 1 aromatic heterocycles. The van der Waals surface area contributed by atoms with Gasteiger partial charge in [0.05, 0.1) is 6.61 Å². The van der Waals surface area contributed by atoms with E-state index < -0.39 is 10.8 Å². The van der Waals surface area contributed by atoms with Gasteiger partial charge in [-0.3, -0.25) is 4.21 Å². The minimum atomic E-state index is -0.758. The van der Waals surface area contributed by atoms with Crippen LogP contribution >= 0.6 is 0 Å². The number of nitrogens with zero attached hydrogens (tertiary/aromatic N) is 2. The highest BCUT2D eigenvalue weighted by molar-refractivity contribution is 7.84. The Morgan fingerprint density at radius 2 is 2.33 bits per heavy atom. The Balaban J connectivity index is 2.47. The first-order chi connectivity index (χ1) is 8.61. The van der Waals surface area contributed by atoms with Gasteiger partial charge in [-0.1, -0.05) is 6.92 Å². The monoisotopic (exact) mass is 271 g/mol. The third-order valence-corrected chi connectivity index (χ3v) is 3.11. The first kappa shape index (κ1) is 14.9. The summed E-state index contributed by atoms with van der Waals surface area (Å²) in [4.78, 5) is 8.39. The maximum Gasteiger partial charge on any atom is 0.226 e. The molecule has 0 aliphatic carbocycles. The van der Waals surface area contributed by atoms with Crippen molar-refractivity contribution < 1.29 is 8.95 Å². The molecular formula is C12H21N3O2S. The molecule has 0 aromatic carbocycles. The fraction of sp³-hybridized carbons (Fsp3) is 0.667. The zero-order valence-electron chi connectivity index (χ0n) is 11.2. The lowest BCUT2D eigenvalue weighted by molar-refractivity contribution is 0.305. The largest absolute Gasteiger partial charge is 0.478 e. The van der Waals surface area contributed by atoms with E-state index >= 15 is 0 Å². The molecule has 102 valence electrons. The average molecular weight is 271 g/mol. The number of ether oxygens (including phenoxy) is 1. The first-order valence-corrected chi connectivity index (χ1v) is 7.87. The van der Waals surface area contributed by atoms with E-state index in [1.165, 1.54) is 0 Å². The molecule has 2 atom stereocenters. The van der Waals surface area contributed by atoms with E-state index in [0.717, 1.165) is 12.8 Å². The van der Waals surface area contributed by atoms with Gasteiger partial charge < -0.3 is 10.1 Å². The fourth-order valence-corrected chi connectivity index (χ4v) is 2.02. The first-order valence-electron chi connectivity index (χ1n) is 6.14. The van der Waals surface area contributed by atoms with Crippen molar-refractivity contribution in [1.82, 2.24) is 9.97 Å². The number of hydrogen-bond acceptors (Lipinski definition) is 5. The van der Waals surface area contributed by atoms with Gasteiger partial charge in [-0.2, -0.15) is 4.98 Å². The van der Waals surface area contributed by atoms with E-state index in [-0.39, 0.29) is 6.04 Å². The van der Waals surface area contributed by atoms with Crippen molar-refractivity contribution in [3.05, 3.63) is 12.3 Å². The molecule has 0 saturated carbocycles. The molecular weight excluding hydrogens is 250 g/mol. The van der Waals surface area contributed by atoms with Gasteiger partial charge in [0.15, 0.2) is 0 Å². The van der Waals surface area contributed by atoms with Crippen LogP contribution < -0.4 is 10.1 Å². The molecule has 1 rings (SSSR count). The topological polar surface area (TPSA) is 64.1 Å². The van der Waals surface area contributed by atoms with Crippen LogP contribution in [0.5, 0.6) is 5.88 Å². The molecule has 0 amide bonds. The second-order valence-corrected chi connectivity index (χ2v) is 5.73. The lowest BCUT2D eigenvalue weighted by Crippen LogP contribution is -2.19. The van der Waals surface area contributed by atoms with Crippen molar-refractivity contribution in [1.29, 1.82) is 0 Å². The zero-order chi connectivity index (χ0) is 13.4. The van der Waals surface area contributed by atoms with Crippen LogP contribution in [0.2, 0.25) is 0 Å². The number of rotatable bonds is 8. The number of hydrogen-bond donors (Lipinski definition) is 1. The Kier molecular flexibility index (Phi) is 6.64. The maximum atomic E-state index is 11.0. The van der Waals surface area contributed by atoms with Crippen molar-refractivity contribution in [3.8, 4) is 5.88 Å². The van der Waals surface area contributed by atoms with Gasteiger partial charge in [-0.05, 0) is 19.8 Å². The van der Waals surface area contributed by atoms with Crippen LogP contribution in [0.15, 0.2) is 12.3 Å². The lowest BCUT2D eigenvalue weighted by atomic mass is 10.3. The molecule has 0 fully saturated rings. The molecule has 0 saturated heterocycles. The van der Waals surface area contributed by atoms with Gasteiger partial charge in [0, 0.05) is 41.1 Å². The minimum absolute atomic E-state index is 0.190. The van der Waals surface area contributed by atoms with E-state index in [4.69, 9.17) is 4.74 Å². The molecule has 1 aromatic rings. The van der Waals surface area contributed by atoms with Crippen LogP contribution in [0.3, 0.4) is 0 Å². The van der Waals surface area contributed by atoms with Crippen LogP contribution in [0.1, 0.15) is 26.7 Å². The summed E-state index contributed by atoms with van der Waals surface area (Å²) in [6.45, 7) is 4.73. The normalized spacial score (nSPS) is 13.9. The van der Waals surface area contributed by atoms with E-state index in [2.05, 4.69) is 15.3 Å². The smallest absolute Gasteiger partial charge is 0.226 e. The molecule has 0 aliphatic heterocycles. The van der Waals surface area contributed by atoms with E-state index in [0.29, 0.717) is 24.2 Å². The summed E-state index contributed by atoms with van der Waals surface area (Å²) in [5.41, 5.74) is 0. The Morgan fingerprint density at radius 3 is 3.00 bits per heavy atom. The fourth-order valence-electron chi connectivity index (χ4n) is 1.33. The van der Waals surface area contributed by atoms with Gasteiger partial charge >= 0.3 is 0 Å².